The van der Waals surface area contributed by atoms with Gasteiger partial charge in [0, 0.05) is 13.1 Å². The van der Waals surface area contributed by atoms with Gasteiger partial charge in [-0.05, 0) is 20.3 Å². The van der Waals surface area contributed by atoms with Crippen LogP contribution in [-0.2, 0) is 9.53 Å². The maximum Gasteiger partial charge on any atom is 0.239 e. The minimum atomic E-state index is -0.354. The average Bonchev–Trinajstić information content (AvgIpc) is 2.14. The Morgan fingerprint density at radius 2 is 2.00 bits per heavy atom. The van der Waals surface area contributed by atoms with E-state index in [1.165, 1.54) is 0 Å². The number of morpholine rings is 1. The van der Waals surface area contributed by atoms with Gasteiger partial charge in [0.2, 0.25) is 5.91 Å². The number of carbonyl (C=O) groups is 1. The Morgan fingerprint density at radius 1 is 1.50 bits per heavy atom. The molecule has 0 aromatic heterocycles. The molecule has 0 radical (unpaired) electrons. The van der Waals surface area contributed by atoms with E-state index in [0.29, 0.717) is 19.5 Å². The Kier molecular flexibility index (Phi) is 3.89. The lowest BCUT2D eigenvalue weighted by atomic mass is 10.1. The van der Waals surface area contributed by atoms with Gasteiger partial charge in [-0.3, -0.25) is 4.79 Å². The Labute approximate surface area is 85.4 Å². The molecule has 2 unspecified atom stereocenters. The third kappa shape index (κ3) is 2.69. The number of ether oxygens (including phenoxy) is 1. The summed E-state index contributed by atoms with van der Waals surface area (Å²) in [7, 11) is 0. The quantitative estimate of drug-likeness (QED) is 0.700. The van der Waals surface area contributed by atoms with Gasteiger partial charge in [0.05, 0.1) is 18.2 Å². The van der Waals surface area contributed by atoms with Crippen molar-refractivity contribution in [2.24, 2.45) is 5.73 Å². The first-order chi connectivity index (χ1) is 6.54. The van der Waals surface area contributed by atoms with Crippen molar-refractivity contribution in [3.8, 4) is 0 Å². The van der Waals surface area contributed by atoms with Crippen molar-refractivity contribution in [2.75, 3.05) is 13.1 Å². The Morgan fingerprint density at radius 3 is 2.43 bits per heavy atom. The van der Waals surface area contributed by atoms with E-state index < -0.39 is 0 Å². The van der Waals surface area contributed by atoms with Crippen LogP contribution in [0.1, 0.15) is 27.2 Å². The molecule has 0 saturated carbocycles. The van der Waals surface area contributed by atoms with E-state index >= 15 is 0 Å². The maximum atomic E-state index is 11.8. The molecule has 0 aromatic carbocycles. The van der Waals surface area contributed by atoms with Crippen LogP contribution in [0.3, 0.4) is 0 Å². The van der Waals surface area contributed by atoms with Crippen molar-refractivity contribution in [1.29, 1.82) is 0 Å². The van der Waals surface area contributed by atoms with Crippen molar-refractivity contribution in [3.05, 3.63) is 0 Å². The summed E-state index contributed by atoms with van der Waals surface area (Å²) in [5, 5.41) is 0. The van der Waals surface area contributed by atoms with Gasteiger partial charge in [-0.2, -0.15) is 0 Å². The van der Waals surface area contributed by atoms with Crippen LogP contribution in [-0.4, -0.2) is 42.1 Å². The number of nitrogens with two attached hydrogens (primary N) is 1. The molecule has 0 bridgehead atoms. The van der Waals surface area contributed by atoms with Crippen LogP contribution >= 0.6 is 0 Å². The Balaban J connectivity index is 2.54. The highest BCUT2D eigenvalue weighted by Crippen LogP contribution is 2.11. The van der Waals surface area contributed by atoms with Gasteiger partial charge in [0.25, 0.3) is 0 Å². The zero-order chi connectivity index (χ0) is 10.7. The average molecular weight is 200 g/mol. The van der Waals surface area contributed by atoms with Crippen LogP contribution in [0.2, 0.25) is 0 Å². The zero-order valence-electron chi connectivity index (χ0n) is 9.19. The highest BCUT2D eigenvalue weighted by atomic mass is 16.5. The fourth-order valence-electron chi connectivity index (χ4n) is 1.77. The van der Waals surface area contributed by atoms with Gasteiger partial charge in [-0.25, -0.2) is 0 Å². The summed E-state index contributed by atoms with van der Waals surface area (Å²) in [6.45, 7) is 7.21. The minimum absolute atomic E-state index is 0.0505. The summed E-state index contributed by atoms with van der Waals surface area (Å²) in [4.78, 5) is 13.6. The second-order valence-corrected chi connectivity index (χ2v) is 4.02. The summed E-state index contributed by atoms with van der Waals surface area (Å²) in [5.74, 6) is 0.0505. The highest BCUT2D eigenvalue weighted by molar-refractivity contribution is 5.81. The first kappa shape index (κ1) is 11.5. The molecule has 1 amide bonds. The van der Waals surface area contributed by atoms with Crippen LogP contribution in [0.4, 0.5) is 0 Å². The number of amides is 1. The van der Waals surface area contributed by atoms with E-state index in [0.717, 1.165) is 0 Å². The number of hydrogen-bond acceptors (Lipinski definition) is 3. The van der Waals surface area contributed by atoms with Crippen LogP contribution in [0.5, 0.6) is 0 Å². The first-order valence-electron chi connectivity index (χ1n) is 5.24. The smallest absolute Gasteiger partial charge is 0.239 e. The van der Waals surface area contributed by atoms with Crippen molar-refractivity contribution in [1.82, 2.24) is 4.90 Å². The lowest BCUT2D eigenvalue weighted by molar-refractivity contribution is -0.144. The molecule has 1 aliphatic rings. The SMILES string of the molecule is CC[C@@H](N)C(=O)N1CC(C)OC(C)C1. The predicted octanol–water partition coefficient (Wildman–Crippen LogP) is 0.359. The van der Waals surface area contributed by atoms with Crippen molar-refractivity contribution in [2.45, 2.75) is 45.4 Å². The first-order valence-corrected chi connectivity index (χ1v) is 5.24. The molecule has 1 rings (SSSR count). The van der Waals surface area contributed by atoms with Crippen molar-refractivity contribution < 1.29 is 9.53 Å². The zero-order valence-corrected chi connectivity index (χ0v) is 9.19. The van der Waals surface area contributed by atoms with Gasteiger partial charge < -0.3 is 15.4 Å². The molecular weight excluding hydrogens is 180 g/mol. The van der Waals surface area contributed by atoms with Crippen molar-refractivity contribution in [3.63, 3.8) is 0 Å². The molecule has 0 spiro atoms. The standard InChI is InChI=1S/C10H20N2O2/c1-4-9(11)10(13)12-5-7(2)14-8(3)6-12/h7-9H,4-6,11H2,1-3H3/t7?,8?,9-/m1/s1. The van der Waals surface area contributed by atoms with Crippen LogP contribution < -0.4 is 5.73 Å². The molecule has 4 nitrogen and oxygen atoms in total. The minimum Gasteiger partial charge on any atom is -0.372 e. The van der Waals surface area contributed by atoms with E-state index in [9.17, 15) is 4.79 Å². The van der Waals surface area contributed by atoms with E-state index in [1.807, 2.05) is 25.7 Å². The largest absolute Gasteiger partial charge is 0.372 e. The van der Waals surface area contributed by atoms with Gasteiger partial charge in [0.15, 0.2) is 0 Å². The highest BCUT2D eigenvalue weighted by Gasteiger charge is 2.27. The van der Waals surface area contributed by atoms with Crippen LogP contribution in [0.15, 0.2) is 0 Å². The monoisotopic (exact) mass is 200 g/mol. The van der Waals surface area contributed by atoms with E-state index in [1.54, 1.807) is 0 Å². The molecular formula is C10H20N2O2. The Hall–Kier alpha value is -0.610. The molecule has 4 heteroatoms. The summed E-state index contributed by atoms with van der Waals surface area (Å²) in [6.07, 6.45) is 0.928. The lowest BCUT2D eigenvalue weighted by Crippen LogP contribution is -2.53. The molecule has 0 aromatic rings. The summed E-state index contributed by atoms with van der Waals surface area (Å²) in [5.41, 5.74) is 5.71. The van der Waals surface area contributed by atoms with Gasteiger partial charge in [-0.15, -0.1) is 0 Å². The molecule has 82 valence electrons. The van der Waals surface area contributed by atoms with Crippen LogP contribution in [0.25, 0.3) is 0 Å². The fourth-order valence-corrected chi connectivity index (χ4v) is 1.77. The third-order valence-electron chi connectivity index (χ3n) is 2.49. The maximum absolute atomic E-state index is 11.8. The van der Waals surface area contributed by atoms with Gasteiger partial charge in [0.1, 0.15) is 0 Å². The van der Waals surface area contributed by atoms with Crippen molar-refractivity contribution >= 4 is 5.91 Å². The topological polar surface area (TPSA) is 55.6 Å². The molecule has 1 saturated heterocycles. The second kappa shape index (κ2) is 4.75. The molecule has 2 N–H and O–H groups in total. The van der Waals surface area contributed by atoms with Crippen LogP contribution in [0, 0.1) is 0 Å². The fraction of sp³-hybridized carbons (Fsp3) is 0.900. The molecule has 1 fully saturated rings. The van der Waals surface area contributed by atoms with Gasteiger partial charge in [-0.1, -0.05) is 6.92 Å². The molecule has 1 heterocycles. The van der Waals surface area contributed by atoms with E-state index in [4.69, 9.17) is 10.5 Å². The second-order valence-electron chi connectivity index (χ2n) is 4.02. The number of hydrogen-bond donors (Lipinski definition) is 1. The van der Waals surface area contributed by atoms with E-state index in [2.05, 4.69) is 0 Å². The lowest BCUT2D eigenvalue weighted by Gasteiger charge is -2.36. The molecule has 0 aliphatic carbocycles. The molecule has 3 atom stereocenters. The third-order valence-corrected chi connectivity index (χ3v) is 2.49. The predicted molar refractivity (Wildman–Crippen MR) is 54.9 cm³/mol. The number of nitrogens with zero attached hydrogens (tertiary/aromatic N) is 1. The summed E-state index contributed by atoms with van der Waals surface area (Å²) in [6, 6.07) is -0.354. The number of carbonyl (C=O) groups excluding carboxylic acids is 1. The Bertz CT molecular complexity index is 198. The molecule has 1 aliphatic heterocycles. The van der Waals surface area contributed by atoms with Gasteiger partial charge >= 0.3 is 0 Å². The number of rotatable bonds is 2. The normalized spacial score (nSPS) is 30.1. The van der Waals surface area contributed by atoms with E-state index in [-0.39, 0.29) is 24.2 Å². The molecule has 14 heavy (non-hydrogen) atoms. The summed E-state index contributed by atoms with van der Waals surface area (Å²) < 4.78 is 5.55. The summed E-state index contributed by atoms with van der Waals surface area (Å²) >= 11 is 0.